The van der Waals surface area contributed by atoms with E-state index in [2.05, 4.69) is 44.3 Å². The van der Waals surface area contributed by atoms with Gasteiger partial charge in [-0.2, -0.15) is 0 Å². The number of rotatable bonds is 3. The van der Waals surface area contributed by atoms with Gasteiger partial charge in [-0.1, -0.05) is 18.2 Å². The van der Waals surface area contributed by atoms with Gasteiger partial charge in [0, 0.05) is 6.04 Å². The van der Waals surface area contributed by atoms with Crippen LogP contribution in [0, 0.1) is 0 Å². The number of pyridine rings is 1. The topological polar surface area (TPSA) is 39.9 Å². The summed E-state index contributed by atoms with van der Waals surface area (Å²) in [6.07, 6.45) is 1.82. The molecule has 20 heavy (non-hydrogen) atoms. The Morgan fingerprint density at radius 3 is 2.65 bits per heavy atom. The van der Waals surface area contributed by atoms with E-state index in [0.717, 1.165) is 16.8 Å². The maximum absolute atomic E-state index is 5.92. The Morgan fingerprint density at radius 1 is 1.20 bits per heavy atom. The summed E-state index contributed by atoms with van der Waals surface area (Å²) in [5.41, 5.74) is 1.78. The lowest BCUT2D eigenvalue weighted by Crippen LogP contribution is -2.01. The van der Waals surface area contributed by atoms with E-state index >= 15 is 0 Å². The Labute approximate surface area is 125 Å². The fourth-order valence-corrected chi connectivity index (χ4v) is 2.44. The number of ether oxygens (including phenoxy) is 1. The molecule has 0 radical (unpaired) electrons. The van der Waals surface area contributed by atoms with Gasteiger partial charge in [-0.15, -0.1) is 0 Å². The molecular weight excluding hydrogens is 318 g/mol. The van der Waals surface area contributed by atoms with E-state index in [9.17, 15) is 0 Å². The minimum atomic E-state index is 0.293. The average Bonchev–Trinajstić information content (AvgIpc) is 2.83. The molecule has 0 spiro atoms. The Morgan fingerprint density at radius 2 is 1.95 bits per heavy atom. The molecule has 0 aliphatic heterocycles. The van der Waals surface area contributed by atoms with E-state index in [1.54, 1.807) is 0 Å². The first kappa shape index (κ1) is 13.1. The Hall–Kier alpha value is -1.88. The largest absolute Gasteiger partial charge is 0.437 e. The molecule has 0 saturated carbocycles. The summed E-state index contributed by atoms with van der Waals surface area (Å²) in [5, 5.41) is 0. The van der Waals surface area contributed by atoms with Crippen molar-refractivity contribution in [3.8, 4) is 11.6 Å². The zero-order valence-corrected chi connectivity index (χ0v) is 12.8. The summed E-state index contributed by atoms with van der Waals surface area (Å²) in [6, 6.07) is 11.8. The molecule has 2 heterocycles. The Kier molecular flexibility index (Phi) is 3.44. The van der Waals surface area contributed by atoms with Crippen LogP contribution in [-0.4, -0.2) is 14.5 Å². The second kappa shape index (κ2) is 5.25. The quantitative estimate of drug-likeness (QED) is 0.660. The molecule has 0 aliphatic rings. The normalized spacial score (nSPS) is 11.2. The van der Waals surface area contributed by atoms with Gasteiger partial charge in [-0.3, -0.25) is 0 Å². The number of hydrogen-bond acceptors (Lipinski definition) is 3. The van der Waals surface area contributed by atoms with E-state index in [1.807, 2.05) is 42.7 Å². The van der Waals surface area contributed by atoms with E-state index in [0.29, 0.717) is 16.5 Å². The molecule has 0 N–H and O–H groups in total. The fourth-order valence-electron chi connectivity index (χ4n) is 2.06. The van der Waals surface area contributed by atoms with Gasteiger partial charge in [-0.25, -0.2) is 9.97 Å². The molecule has 0 amide bonds. The molecule has 2 aromatic heterocycles. The van der Waals surface area contributed by atoms with E-state index in [1.165, 1.54) is 0 Å². The third-order valence-electron chi connectivity index (χ3n) is 3.00. The van der Waals surface area contributed by atoms with Crippen LogP contribution in [0.5, 0.6) is 11.6 Å². The van der Waals surface area contributed by atoms with Crippen molar-refractivity contribution in [3.63, 3.8) is 0 Å². The van der Waals surface area contributed by atoms with Crippen molar-refractivity contribution >= 4 is 27.0 Å². The van der Waals surface area contributed by atoms with Gasteiger partial charge in [0.2, 0.25) is 5.88 Å². The van der Waals surface area contributed by atoms with Crippen LogP contribution in [0.25, 0.3) is 11.0 Å². The van der Waals surface area contributed by atoms with Crippen LogP contribution >= 0.6 is 15.9 Å². The van der Waals surface area contributed by atoms with Crippen molar-refractivity contribution in [2.75, 3.05) is 0 Å². The van der Waals surface area contributed by atoms with Crippen LogP contribution in [0.15, 0.2) is 47.3 Å². The van der Waals surface area contributed by atoms with Crippen LogP contribution in [0.1, 0.15) is 19.9 Å². The molecule has 0 saturated heterocycles. The van der Waals surface area contributed by atoms with Crippen molar-refractivity contribution < 1.29 is 4.74 Å². The number of para-hydroxylation sites is 1. The molecule has 0 bridgehead atoms. The molecule has 0 atom stereocenters. The summed E-state index contributed by atoms with van der Waals surface area (Å²) < 4.78 is 8.70. The SMILES string of the molecule is CC(C)n1cnc2cc(Br)nc(Oc3ccccc3)c21. The first-order chi connectivity index (χ1) is 9.65. The molecule has 1 aromatic carbocycles. The number of imidazole rings is 1. The fraction of sp³-hybridized carbons (Fsp3) is 0.200. The predicted octanol–water partition coefficient (Wildman–Crippen LogP) is 4.57. The summed E-state index contributed by atoms with van der Waals surface area (Å²) in [5.74, 6) is 1.32. The molecular formula is C15H14BrN3O. The summed E-state index contributed by atoms with van der Waals surface area (Å²) in [7, 11) is 0. The van der Waals surface area contributed by atoms with E-state index in [4.69, 9.17) is 4.74 Å². The van der Waals surface area contributed by atoms with E-state index < -0.39 is 0 Å². The van der Waals surface area contributed by atoms with Gasteiger partial charge in [0.15, 0.2) is 0 Å². The smallest absolute Gasteiger partial charge is 0.246 e. The highest BCUT2D eigenvalue weighted by atomic mass is 79.9. The standard InChI is InChI=1S/C15H14BrN3O/c1-10(2)19-9-17-12-8-13(16)18-15(14(12)19)20-11-6-4-3-5-7-11/h3-10H,1-2H3. The van der Waals surface area contributed by atoms with Crippen LogP contribution in [0.4, 0.5) is 0 Å². The van der Waals surface area contributed by atoms with Crippen LogP contribution in [0.2, 0.25) is 0 Å². The summed E-state index contributed by atoms with van der Waals surface area (Å²) in [6.45, 7) is 4.21. The second-order valence-corrected chi connectivity index (χ2v) is 5.59. The van der Waals surface area contributed by atoms with Crippen LogP contribution in [-0.2, 0) is 0 Å². The van der Waals surface area contributed by atoms with Gasteiger partial charge >= 0.3 is 0 Å². The first-order valence-corrected chi connectivity index (χ1v) is 7.20. The number of fused-ring (bicyclic) bond motifs is 1. The highest BCUT2D eigenvalue weighted by molar-refractivity contribution is 9.10. The lowest BCUT2D eigenvalue weighted by molar-refractivity contribution is 0.462. The first-order valence-electron chi connectivity index (χ1n) is 6.41. The predicted molar refractivity (Wildman–Crippen MR) is 82.1 cm³/mol. The molecule has 5 heteroatoms. The summed E-state index contributed by atoms with van der Waals surface area (Å²) >= 11 is 3.40. The number of halogens is 1. The monoisotopic (exact) mass is 331 g/mol. The van der Waals surface area contributed by atoms with Gasteiger partial charge in [0.05, 0.1) is 11.8 Å². The van der Waals surface area contributed by atoms with Crippen molar-refractivity contribution in [3.05, 3.63) is 47.3 Å². The van der Waals surface area contributed by atoms with Crippen molar-refractivity contribution in [2.45, 2.75) is 19.9 Å². The molecule has 3 rings (SSSR count). The highest BCUT2D eigenvalue weighted by Crippen LogP contribution is 2.31. The van der Waals surface area contributed by atoms with Crippen molar-refractivity contribution in [1.29, 1.82) is 0 Å². The molecule has 0 aliphatic carbocycles. The minimum Gasteiger partial charge on any atom is -0.437 e. The Bertz CT molecular complexity index is 737. The summed E-state index contributed by atoms with van der Waals surface area (Å²) in [4.78, 5) is 8.86. The lowest BCUT2D eigenvalue weighted by Gasteiger charge is -2.12. The average molecular weight is 332 g/mol. The highest BCUT2D eigenvalue weighted by Gasteiger charge is 2.14. The lowest BCUT2D eigenvalue weighted by atomic mass is 10.3. The van der Waals surface area contributed by atoms with Gasteiger partial charge in [0.25, 0.3) is 0 Å². The van der Waals surface area contributed by atoms with E-state index in [-0.39, 0.29) is 0 Å². The van der Waals surface area contributed by atoms with Crippen LogP contribution < -0.4 is 4.74 Å². The molecule has 0 unspecified atom stereocenters. The third kappa shape index (κ3) is 2.41. The number of aromatic nitrogens is 3. The third-order valence-corrected chi connectivity index (χ3v) is 3.41. The Balaban J connectivity index is 2.15. The van der Waals surface area contributed by atoms with Crippen LogP contribution in [0.3, 0.4) is 0 Å². The number of nitrogens with zero attached hydrogens (tertiary/aromatic N) is 3. The minimum absolute atomic E-state index is 0.293. The maximum atomic E-state index is 5.92. The zero-order valence-electron chi connectivity index (χ0n) is 11.2. The van der Waals surface area contributed by atoms with Crippen molar-refractivity contribution in [1.82, 2.24) is 14.5 Å². The van der Waals surface area contributed by atoms with Crippen molar-refractivity contribution in [2.24, 2.45) is 0 Å². The van der Waals surface area contributed by atoms with Gasteiger partial charge < -0.3 is 9.30 Å². The zero-order chi connectivity index (χ0) is 14.1. The maximum Gasteiger partial charge on any atom is 0.246 e. The van der Waals surface area contributed by atoms with Gasteiger partial charge in [0.1, 0.15) is 15.9 Å². The molecule has 102 valence electrons. The molecule has 4 nitrogen and oxygen atoms in total. The second-order valence-electron chi connectivity index (χ2n) is 4.78. The number of benzene rings is 1. The molecule has 3 aromatic rings. The number of hydrogen-bond donors (Lipinski definition) is 0. The molecule has 0 fully saturated rings. The van der Waals surface area contributed by atoms with Gasteiger partial charge in [-0.05, 0) is 48.0 Å².